The monoisotopic (exact) mass is 316 g/mol. The fourth-order valence-electron chi connectivity index (χ4n) is 1.62. The van der Waals surface area contributed by atoms with E-state index >= 15 is 0 Å². The van der Waals surface area contributed by atoms with Gasteiger partial charge in [0.2, 0.25) is 0 Å². The van der Waals surface area contributed by atoms with Crippen LogP contribution in [0.2, 0.25) is 5.02 Å². The molecular formula is C14H15ClF2N2S. The maximum atomic E-state index is 13.6. The molecule has 2 nitrogen and oxygen atoms in total. The smallest absolute Gasteiger partial charge is 0.150 e. The summed E-state index contributed by atoms with van der Waals surface area (Å²) in [5, 5.41) is 5.82. The van der Waals surface area contributed by atoms with E-state index in [1.807, 2.05) is 5.38 Å². The van der Waals surface area contributed by atoms with E-state index in [4.69, 9.17) is 11.6 Å². The molecule has 0 aliphatic rings. The number of nitrogens with one attached hydrogen (secondary N) is 1. The number of halogens is 3. The topological polar surface area (TPSA) is 24.9 Å². The third-order valence-electron chi connectivity index (χ3n) is 2.65. The van der Waals surface area contributed by atoms with Gasteiger partial charge in [0.25, 0.3) is 0 Å². The quantitative estimate of drug-likeness (QED) is 0.863. The molecule has 1 heterocycles. The van der Waals surface area contributed by atoms with Crippen molar-refractivity contribution in [1.29, 1.82) is 0 Å². The number of aromatic nitrogens is 1. The molecule has 2 aromatic rings. The Morgan fingerprint density at radius 3 is 2.55 bits per heavy atom. The Labute approximate surface area is 125 Å². The van der Waals surface area contributed by atoms with Crippen LogP contribution >= 0.6 is 22.9 Å². The first-order valence-corrected chi connectivity index (χ1v) is 7.36. The molecule has 0 aliphatic carbocycles. The van der Waals surface area contributed by atoms with E-state index in [9.17, 15) is 8.78 Å². The van der Waals surface area contributed by atoms with Crippen molar-refractivity contribution < 1.29 is 8.78 Å². The Morgan fingerprint density at radius 2 is 2.00 bits per heavy atom. The Balaban J connectivity index is 2.12. The average Bonchev–Trinajstić information content (AvgIpc) is 2.75. The summed E-state index contributed by atoms with van der Waals surface area (Å²) in [6, 6.07) is 1.88. The first kappa shape index (κ1) is 15.2. The summed E-state index contributed by atoms with van der Waals surface area (Å²) in [4.78, 5) is 4.49. The van der Waals surface area contributed by atoms with Crippen LogP contribution in [0.3, 0.4) is 0 Å². The molecular weight excluding hydrogens is 302 g/mol. The number of hydrogen-bond acceptors (Lipinski definition) is 3. The van der Waals surface area contributed by atoms with Crippen LogP contribution < -0.4 is 5.32 Å². The molecule has 0 unspecified atom stereocenters. The molecule has 1 aromatic heterocycles. The second kappa shape index (κ2) is 5.66. The number of hydrogen-bond donors (Lipinski definition) is 1. The summed E-state index contributed by atoms with van der Waals surface area (Å²) >= 11 is 7.38. The number of benzene rings is 1. The summed E-state index contributed by atoms with van der Waals surface area (Å²) in [5.41, 5.74) is 0.889. The predicted octanol–water partition coefficient (Wildman–Crippen LogP) is 4.98. The lowest BCUT2D eigenvalue weighted by molar-refractivity contribution is 0.581. The number of rotatable bonds is 3. The summed E-state index contributed by atoms with van der Waals surface area (Å²) < 4.78 is 26.5. The third-order valence-corrected chi connectivity index (χ3v) is 4.26. The van der Waals surface area contributed by atoms with E-state index in [-0.39, 0.29) is 16.1 Å². The molecule has 2 rings (SSSR count). The second-order valence-corrected chi connectivity index (χ2v) is 6.76. The van der Waals surface area contributed by atoms with Crippen LogP contribution in [-0.4, -0.2) is 4.98 Å². The normalized spacial score (nSPS) is 11.7. The molecule has 1 N–H and O–H groups in total. The van der Waals surface area contributed by atoms with Gasteiger partial charge in [-0.15, -0.1) is 11.3 Å². The van der Waals surface area contributed by atoms with Crippen molar-refractivity contribution in [2.24, 2.45) is 0 Å². The van der Waals surface area contributed by atoms with Gasteiger partial charge in [0.05, 0.1) is 28.0 Å². The maximum Gasteiger partial charge on any atom is 0.150 e. The van der Waals surface area contributed by atoms with E-state index in [0.717, 1.165) is 22.8 Å². The Morgan fingerprint density at radius 1 is 1.30 bits per heavy atom. The lowest BCUT2D eigenvalue weighted by Crippen LogP contribution is -2.11. The van der Waals surface area contributed by atoms with Crippen LogP contribution in [0.4, 0.5) is 14.5 Å². The van der Waals surface area contributed by atoms with Crippen LogP contribution in [0.1, 0.15) is 31.5 Å². The molecule has 0 radical (unpaired) electrons. The van der Waals surface area contributed by atoms with Crippen LogP contribution in [0, 0.1) is 11.6 Å². The highest BCUT2D eigenvalue weighted by atomic mass is 35.5. The zero-order chi connectivity index (χ0) is 14.9. The first-order chi connectivity index (χ1) is 9.27. The van der Waals surface area contributed by atoms with Crippen LogP contribution in [-0.2, 0) is 12.0 Å². The van der Waals surface area contributed by atoms with Gasteiger partial charge < -0.3 is 5.32 Å². The highest BCUT2D eigenvalue weighted by Gasteiger charge is 2.18. The SMILES string of the molecule is CC(C)(C)c1nc(CNc2c(F)cc(F)cc2Cl)cs1. The largest absolute Gasteiger partial charge is 0.376 e. The van der Waals surface area contributed by atoms with Gasteiger partial charge in [0.1, 0.15) is 5.82 Å². The van der Waals surface area contributed by atoms with Gasteiger partial charge in [-0.2, -0.15) is 0 Å². The highest BCUT2D eigenvalue weighted by molar-refractivity contribution is 7.09. The van der Waals surface area contributed by atoms with Crippen molar-refractivity contribution >= 4 is 28.6 Å². The third kappa shape index (κ3) is 3.46. The van der Waals surface area contributed by atoms with Gasteiger partial charge in [-0.05, 0) is 6.07 Å². The van der Waals surface area contributed by atoms with Gasteiger partial charge in [-0.3, -0.25) is 0 Å². The number of anilines is 1. The molecule has 0 aliphatic heterocycles. The van der Waals surface area contributed by atoms with Crippen molar-refractivity contribution in [3.63, 3.8) is 0 Å². The van der Waals surface area contributed by atoms with Gasteiger partial charge in [0, 0.05) is 16.9 Å². The van der Waals surface area contributed by atoms with E-state index in [1.165, 1.54) is 0 Å². The maximum absolute atomic E-state index is 13.6. The van der Waals surface area contributed by atoms with Crippen LogP contribution in [0.15, 0.2) is 17.5 Å². The molecule has 0 fully saturated rings. The fraction of sp³-hybridized carbons (Fsp3) is 0.357. The molecule has 0 bridgehead atoms. The molecule has 108 valence electrons. The van der Waals surface area contributed by atoms with Gasteiger partial charge in [-0.1, -0.05) is 32.4 Å². The molecule has 0 atom stereocenters. The molecule has 0 spiro atoms. The molecule has 0 amide bonds. The van der Waals surface area contributed by atoms with Gasteiger partial charge in [0.15, 0.2) is 5.82 Å². The van der Waals surface area contributed by atoms with E-state index in [2.05, 4.69) is 31.1 Å². The standard InChI is InChI=1S/C14H15ClF2N2S/c1-14(2,3)13-19-9(7-20-13)6-18-12-10(15)4-8(16)5-11(12)17/h4-5,7,18H,6H2,1-3H3. The van der Waals surface area contributed by atoms with Gasteiger partial charge in [-0.25, -0.2) is 13.8 Å². The molecule has 6 heteroatoms. The lowest BCUT2D eigenvalue weighted by atomic mass is 9.98. The van der Waals surface area contributed by atoms with Crippen molar-refractivity contribution in [2.75, 3.05) is 5.32 Å². The van der Waals surface area contributed by atoms with Crippen LogP contribution in [0.5, 0.6) is 0 Å². The molecule has 0 saturated heterocycles. The lowest BCUT2D eigenvalue weighted by Gasteiger charge is -2.13. The van der Waals surface area contributed by atoms with Crippen molar-refractivity contribution in [2.45, 2.75) is 32.7 Å². The molecule has 0 saturated carbocycles. The van der Waals surface area contributed by atoms with Gasteiger partial charge >= 0.3 is 0 Å². The van der Waals surface area contributed by atoms with Crippen molar-refractivity contribution in [1.82, 2.24) is 4.98 Å². The van der Waals surface area contributed by atoms with E-state index in [1.54, 1.807) is 11.3 Å². The molecule has 1 aromatic carbocycles. The average molecular weight is 317 g/mol. The Bertz CT molecular complexity index is 597. The highest BCUT2D eigenvalue weighted by Crippen LogP contribution is 2.28. The van der Waals surface area contributed by atoms with E-state index in [0.29, 0.717) is 6.54 Å². The first-order valence-electron chi connectivity index (χ1n) is 6.10. The Kier molecular flexibility index (Phi) is 4.30. The zero-order valence-corrected chi connectivity index (χ0v) is 13.0. The van der Waals surface area contributed by atoms with Crippen molar-refractivity contribution in [3.05, 3.63) is 44.9 Å². The van der Waals surface area contributed by atoms with Crippen LogP contribution in [0.25, 0.3) is 0 Å². The second-order valence-electron chi connectivity index (χ2n) is 5.49. The molecule has 20 heavy (non-hydrogen) atoms. The summed E-state index contributed by atoms with van der Waals surface area (Å²) in [6.45, 7) is 6.59. The number of thiazole rings is 1. The zero-order valence-electron chi connectivity index (χ0n) is 11.4. The fourth-order valence-corrected chi connectivity index (χ4v) is 2.79. The predicted molar refractivity (Wildman–Crippen MR) is 79.5 cm³/mol. The van der Waals surface area contributed by atoms with Crippen molar-refractivity contribution in [3.8, 4) is 0 Å². The van der Waals surface area contributed by atoms with E-state index < -0.39 is 11.6 Å². The summed E-state index contributed by atoms with van der Waals surface area (Å²) in [7, 11) is 0. The minimum absolute atomic E-state index is 0.0122. The summed E-state index contributed by atoms with van der Waals surface area (Å²) in [5.74, 6) is -1.40. The minimum Gasteiger partial charge on any atom is -0.376 e. The Hall–Kier alpha value is -1.20. The minimum atomic E-state index is -0.707. The summed E-state index contributed by atoms with van der Waals surface area (Å²) in [6.07, 6.45) is 0. The number of nitrogens with zero attached hydrogens (tertiary/aromatic N) is 1.